The number of amides is 2. The SMILES string of the molecule is CC[C@@H](C)NC(=O)[C@H](CC)N(Cc1ccccc1)C(=O)CN(c1ccc(Cl)cc1)S(=O)(=O)c1ccc(OC)cc1. The van der Waals surface area contributed by atoms with E-state index in [1.54, 1.807) is 36.4 Å². The molecule has 0 saturated carbocycles. The molecule has 214 valence electrons. The number of ether oxygens (including phenoxy) is 1. The van der Waals surface area contributed by atoms with Crippen molar-refractivity contribution in [2.45, 2.75) is 57.1 Å². The second-order valence-electron chi connectivity index (χ2n) is 9.41. The first kappa shape index (κ1) is 31.0. The summed E-state index contributed by atoms with van der Waals surface area (Å²) in [5, 5.41) is 3.39. The molecule has 2 atom stereocenters. The highest BCUT2D eigenvalue weighted by Crippen LogP contribution is 2.27. The van der Waals surface area contributed by atoms with Crippen molar-refractivity contribution in [2.75, 3.05) is 18.0 Å². The smallest absolute Gasteiger partial charge is 0.264 e. The summed E-state index contributed by atoms with van der Waals surface area (Å²) in [5.41, 5.74) is 1.09. The Bertz CT molecular complexity index is 1370. The molecule has 3 aromatic carbocycles. The van der Waals surface area contributed by atoms with Crippen LogP contribution in [0.15, 0.2) is 83.8 Å². The van der Waals surface area contributed by atoms with E-state index in [1.165, 1.54) is 24.1 Å². The fraction of sp³-hybridized carbons (Fsp3) is 0.333. The molecule has 2 amide bonds. The Morgan fingerprint density at radius 1 is 0.925 bits per heavy atom. The number of sulfonamides is 1. The lowest BCUT2D eigenvalue weighted by molar-refractivity contribution is -0.140. The molecule has 0 aromatic heterocycles. The Kier molecular flexibility index (Phi) is 11.0. The fourth-order valence-corrected chi connectivity index (χ4v) is 5.69. The van der Waals surface area contributed by atoms with Gasteiger partial charge in [0, 0.05) is 17.6 Å². The largest absolute Gasteiger partial charge is 0.497 e. The summed E-state index contributed by atoms with van der Waals surface area (Å²) in [6.45, 7) is 5.32. The Labute approximate surface area is 241 Å². The average Bonchev–Trinajstić information content (AvgIpc) is 2.96. The molecule has 10 heteroatoms. The summed E-state index contributed by atoms with van der Waals surface area (Å²) in [6.07, 6.45) is 1.09. The number of anilines is 1. The van der Waals surface area contributed by atoms with Crippen molar-refractivity contribution in [1.29, 1.82) is 0 Å². The molecule has 8 nitrogen and oxygen atoms in total. The van der Waals surface area contributed by atoms with Gasteiger partial charge in [0.15, 0.2) is 0 Å². The quantitative estimate of drug-likeness (QED) is 0.295. The zero-order valence-electron chi connectivity index (χ0n) is 23.2. The monoisotopic (exact) mass is 585 g/mol. The second kappa shape index (κ2) is 14.2. The zero-order valence-corrected chi connectivity index (χ0v) is 24.8. The lowest BCUT2D eigenvalue weighted by Crippen LogP contribution is -2.53. The Balaban J connectivity index is 2.04. The van der Waals surface area contributed by atoms with E-state index in [0.29, 0.717) is 17.2 Å². The average molecular weight is 586 g/mol. The summed E-state index contributed by atoms with van der Waals surface area (Å²) in [4.78, 5) is 28.8. The number of methoxy groups -OCH3 is 1. The molecule has 0 aliphatic rings. The third-order valence-corrected chi connectivity index (χ3v) is 8.66. The molecule has 0 bridgehead atoms. The van der Waals surface area contributed by atoms with Gasteiger partial charge in [-0.25, -0.2) is 8.42 Å². The van der Waals surface area contributed by atoms with Crippen molar-refractivity contribution in [3.63, 3.8) is 0 Å². The molecule has 40 heavy (non-hydrogen) atoms. The van der Waals surface area contributed by atoms with Crippen molar-refractivity contribution in [2.24, 2.45) is 0 Å². The van der Waals surface area contributed by atoms with E-state index < -0.39 is 28.5 Å². The van der Waals surface area contributed by atoms with Gasteiger partial charge in [0.2, 0.25) is 11.8 Å². The lowest BCUT2D eigenvalue weighted by Gasteiger charge is -2.33. The topological polar surface area (TPSA) is 96.0 Å². The molecule has 0 spiro atoms. The van der Waals surface area contributed by atoms with Gasteiger partial charge in [0.05, 0.1) is 17.7 Å². The van der Waals surface area contributed by atoms with Crippen LogP contribution in [-0.2, 0) is 26.2 Å². The maximum absolute atomic E-state index is 14.0. The number of carbonyl (C=O) groups is 2. The first-order valence-corrected chi connectivity index (χ1v) is 15.0. The van der Waals surface area contributed by atoms with Gasteiger partial charge in [-0.1, -0.05) is 55.8 Å². The summed E-state index contributed by atoms with van der Waals surface area (Å²) in [6, 6.07) is 20.6. The molecule has 0 aliphatic heterocycles. The first-order valence-electron chi connectivity index (χ1n) is 13.2. The fourth-order valence-electron chi connectivity index (χ4n) is 4.15. The molecular weight excluding hydrogens is 550 g/mol. The summed E-state index contributed by atoms with van der Waals surface area (Å²) >= 11 is 6.07. The first-order chi connectivity index (χ1) is 19.1. The highest BCUT2D eigenvalue weighted by Gasteiger charge is 2.34. The van der Waals surface area contributed by atoms with Crippen molar-refractivity contribution in [1.82, 2.24) is 10.2 Å². The van der Waals surface area contributed by atoms with E-state index in [-0.39, 0.29) is 29.1 Å². The Hall–Kier alpha value is -3.56. The number of benzene rings is 3. The van der Waals surface area contributed by atoms with Crippen LogP contribution in [0, 0.1) is 0 Å². The lowest BCUT2D eigenvalue weighted by atomic mass is 10.1. The molecule has 0 radical (unpaired) electrons. The number of rotatable bonds is 13. The van der Waals surface area contributed by atoms with Crippen LogP contribution < -0.4 is 14.4 Å². The minimum Gasteiger partial charge on any atom is -0.497 e. The number of hydrogen-bond acceptors (Lipinski definition) is 5. The van der Waals surface area contributed by atoms with Crippen molar-refractivity contribution in [3.05, 3.63) is 89.4 Å². The minimum absolute atomic E-state index is 0.00721. The number of halogens is 1. The van der Waals surface area contributed by atoms with E-state index in [2.05, 4.69) is 5.32 Å². The van der Waals surface area contributed by atoms with Gasteiger partial charge in [0.25, 0.3) is 10.0 Å². The van der Waals surface area contributed by atoms with Crippen LogP contribution in [0.3, 0.4) is 0 Å². The van der Waals surface area contributed by atoms with Gasteiger partial charge in [0.1, 0.15) is 18.3 Å². The van der Waals surface area contributed by atoms with Crippen LogP contribution in [0.2, 0.25) is 5.02 Å². The van der Waals surface area contributed by atoms with Gasteiger partial charge in [-0.2, -0.15) is 0 Å². The van der Waals surface area contributed by atoms with Crippen LogP contribution >= 0.6 is 11.6 Å². The summed E-state index contributed by atoms with van der Waals surface area (Å²) in [7, 11) is -2.69. The van der Waals surface area contributed by atoms with E-state index >= 15 is 0 Å². The number of nitrogens with zero attached hydrogens (tertiary/aromatic N) is 2. The number of hydrogen-bond donors (Lipinski definition) is 1. The Morgan fingerprint density at radius 3 is 2.10 bits per heavy atom. The molecular formula is C30H36ClN3O5S. The molecule has 1 N–H and O–H groups in total. The number of nitrogens with one attached hydrogen (secondary N) is 1. The maximum Gasteiger partial charge on any atom is 0.264 e. The molecule has 0 aliphatic carbocycles. The second-order valence-corrected chi connectivity index (χ2v) is 11.7. The zero-order chi connectivity index (χ0) is 29.3. The molecule has 0 unspecified atom stereocenters. The van der Waals surface area contributed by atoms with E-state index in [9.17, 15) is 18.0 Å². The highest BCUT2D eigenvalue weighted by atomic mass is 35.5. The Morgan fingerprint density at radius 2 is 1.55 bits per heavy atom. The minimum atomic E-state index is -4.18. The van der Waals surface area contributed by atoms with Crippen molar-refractivity contribution < 1.29 is 22.7 Å². The molecule has 3 aromatic rings. The van der Waals surface area contributed by atoms with Crippen LogP contribution in [0.1, 0.15) is 39.2 Å². The predicted octanol–water partition coefficient (Wildman–Crippen LogP) is 5.27. The van der Waals surface area contributed by atoms with Gasteiger partial charge < -0.3 is 15.0 Å². The summed E-state index contributed by atoms with van der Waals surface area (Å²) in [5.74, 6) is -0.292. The third kappa shape index (κ3) is 7.76. The van der Waals surface area contributed by atoms with Crippen LogP contribution in [-0.4, -0.2) is 50.9 Å². The van der Waals surface area contributed by atoms with E-state index in [1.807, 2.05) is 51.1 Å². The van der Waals surface area contributed by atoms with Gasteiger partial charge in [-0.05, 0) is 73.9 Å². The third-order valence-electron chi connectivity index (χ3n) is 6.62. The summed E-state index contributed by atoms with van der Waals surface area (Å²) < 4.78 is 34.0. The van der Waals surface area contributed by atoms with Gasteiger partial charge in [-0.3, -0.25) is 13.9 Å². The molecule has 0 heterocycles. The van der Waals surface area contributed by atoms with E-state index in [0.717, 1.165) is 16.3 Å². The predicted molar refractivity (Wildman–Crippen MR) is 158 cm³/mol. The van der Waals surface area contributed by atoms with Crippen molar-refractivity contribution >= 4 is 39.1 Å². The molecule has 3 rings (SSSR count). The normalized spacial score (nSPS) is 12.7. The van der Waals surface area contributed by atoms with Crippen LogP contribution in [0.5, 0.6) is 5.75 Å². The number of carbonyl (C=O) groups excluding carboxylic acids is 2. The molecule has 0 fully saturated rings. The maximum atomic E-state index is 14.0. The van der Waals surface area contributed by atoms with Crippen LogP contribution in [0.4, 0.5) is 5.69 Å². The highest BCUT2D eigenvalue weighted by molar-refractivity contribution is 7.92. The standard InChI is InChI=1S/C30H36ClN3O5S/c1-5-22(3)32-30(36)28(6-2)33(20-23-10-8-7-9-11-23)29(35)21-34(25-14-12-24(31)13-15-25)40(37,38)27-18-16-26(39-4)17-19-27/h7-19,22,28H,5-6,20-21H2,1-4H3,(H,32,36)/t22-,28+/m1/s1. The molecule has 0 saturated heterocycles. The van der Waals surface area contributed by atoms with Gasteiger partial charge in [-0.15, -0.1) is 0 Å². The van der Waals surface area contributed by atoms with Crippen LogP contribution in [0.25, 0.3) is 0 Å². The van der Waals surface area contributed by atoms with Crippen molar-refractivity contribution in [3.8, 4) is 5.75 Å². The van der Waals surface area contributed by atoms with Gasteiger partial charge >= 0.3 is 0 Å². The van der Waals surface area contributed by atoms with E-state index in [4.69, 9.17) is 16.3 Å².